The third-order valence-electron chi connectivity index (χ3n) is 2.74. The molecule has 15 heavy (non-hydrogen) atoms. The lowest BCUT2D eigenvalue weighted by Gasteiger charge is -2.41. The lowest BCUT2D eigenvalue weighted by molar-refractivity contribution is -0.185. The summed E-state index contributed by atoms with van der Waals surface area (Å²) in [6.45, 7) is 3.86. The number of carbonyl (C=O) groups excluding carboxylic acids is 2. The second-order valence-corrected chi connectivity index (χ2v) is 4.65. The maximum Gasteiger partial charge on any atom is 0.308 e. The Labute approximate surface area is 89.9 Å². The third kappa shape index (κ3) is 3.02. The maximum absolute atomic E-state index is 11.2. The van der Waals surface area contributed by atoms with Crippen LogP contribution in [0.3, 0.4) is 0 Å². The first-order chi connectivity index (χ1) is 6.93. The first-order valence-corrected chi connectivity index (χ1v) is 5.16. The highest BCUT2D eigenvalue weighted by Gasteiger charge is 2.42. The van der Waals surface area contributed by atoms with Crippen LogP contribution in [0.15, 0.2) is 0 Å². The van der Waals surface area contributed by atoms with Gasteiger partial charge in [-0.3, -0.25) is 4.79 Å². The van der Waals surface area contributed by atoms with E-state index >= 15 is 0 Å². The van der Waals surface area contributed by atoms with Gasteiger partial charge in [0.2, 0.25) is 0 Å². The molecule has 0 aromatic heterocycles. The van der Waals surface area contributed by atoms with E-state index in [-0.39, 0.29) is 12.0 Å². The normalized spacial score (nSPS) is 29.5. The molecule has 0 radical (unpaired) electrons. The minimum absolute atomic E-state index is 0.0103. The minimum Gasteiger partial charge on any atom is -0.469 e. The van der Waals surface area contributed by atoms with Crippen molar-refractivity contribution in [1.82, 2.24) is 0 Å². The molecule has 0 aromatic rings. The monoisotopic (exact) mass is 214 g/mol. The zero-order valence-corrected chi connectivity index (χ0v) is 9.54. The number of hydrogen-bond acceptors (Lipinski definition) is 4. The number of methoxy groups -OCH3 is 1. The summed E-state index contributed by atoms with van der Waals surface area (Å²) in [5, 5.41) is 0. The van der Waals surface area contributed by atoms with Crippen molar-refractivity contribution in [3.05, 3.63) is 0 Å². The van der Waals surface area contributed by atoms with Gasteiger partial charge in [-0.15, -0.1) is 0 Å². The van der Waals surface area contributed by atoms with Gasteiger partial charge in [-0.2, -0.15) is 0 Å². The fourth-order valence-corrected chi connectivity index (χ4v) is 2.03. The van der Waals surface area contributed by atoms with Crippen molar-refractivity contribution in [3.63, 3.8) is 0 Å². The van der Waals surface area contributed by atoms with Crippen LogP contribution in [0.5, 0.6) is 0 Å². The lowest BCUT2D eigenvalue weighted by Crippen LogP contribution is -2.48. The average Bonchev–Trinajstić information content (AvgIpc) is 2.16. The summed E-state index contributed by atoms with van der Waals surface area (Å²) in [5.41, 5.74) is -1.32. The van der Waals surface area contributed by atoms with E-state index in [4.69, 9.17) is 4.74 Å². The molecule has 0 aromatic carbocycles. The molecule has 0 spiro atoms. The molecule has 0 N–H and O–H groups in total. The number of carbonyl (C=O) groups is 2. The molecule has 86 valence electrons. The molecule has 0 saturated carbocycles. The number of rotatable bonds is 3. The SMILES string of the molecule is COC(=O)CC1(C=O)CCCC(C)(C)O1. The van der Waals surface area contributed by atoms with Crippen molar-refractivity contribution < 1.29 is 19.1 Å². The van der Waals surface area contributed by atoms with Crippen LogP contribution in [-0.4, -0.2) is 30.6 Å². The van der Waals surface area contributed by atoms with E-state index in [0.29, 0.717) is 6.42 Å². The van der Waals surface area contributed by atoms with Crippen LogP contribution in [-0.2, 0) is 19.1 Å². The van der Waals surface area contributed by atoms with Crippen LogP contribution in [0.2, 0.25) is 0 Å². The fraction of sp³-hybridized carbons (Fsp3) is 0.818. The van der Waals surface area contributed by atoms with E-state index in [1.807, 2.05) is 13.8 Å². The standard InChI is InChI=1S/C11H18O4/c1-10(2)5-4-6-11(8-12,15-10)7-9(13)14-3/h8H,4-7H2,1-3H3. The molecule has 0 aliphatic carbocycles. The molecule has 0 bridgehead atoms. The Hall–Kier alpha value is -0.900. The smallest absolute Gasteiger partial charge is 0.308 e. The van der Waals surface area contributed by atoms with Gasteiger partial charge in [0.25, 0.3) is 0 Å². The van der Waals surface area contributed by atoms with Crippen molar-refractivity contribution in [2.75, 3.05) is 7.11 Å². The van der Waals surface area contributed by atoms with Crippen LogP contribution in [0.1, 0.15) is 39.5 Å². The summed E-state index contributed by atoms with van der Waals surface area (Å²) in [5.74, 6) is -0.403. The Balaban J connectivity index is 2.75. The molecule has 1 aliphatic heterocycles. The summed E-state index contributed by atoms with van der Waals surface area (Å²) in [4.78, 5) is 22.3. The van der Waals surface area contributed by atoms with Crippen LogP contribution in [0.25, 0.3) is 0 Å². The maximum atomic E-state index is 11.2. The van der Waals surface area contributed by atoms with Gasteiger partial charge in [0.1, 0.15) is 5.60 Å². The molecule has 1 unspecified atom stereocenters. The molecular weight excluding hydrogens is 196 g/mol. The largest absolute Gasteiger partial charge is 0.469 e. The lowest BCUT2D eigenvalue weighted by atomic mass is 9.85. The van der Waals surface area contributed by atoms with Gasteiger partial charge < -0.3 is 14.3 Å². The topological polar surface area (TPSA) is 52.6 Å². The second kappa shape index (κ2) is 4.31. The average molecular weight is 214 g/mol. The molecule has 1 rings (SSSR count). The zero-order chi connectivity index (χ0) is 11.5. The summed E-state index contributed by atoms with van der Waals surface area (Å²) in [7, 11) is 1.31. The van der Waals surface area contributed by atoms with Gasteiger partial charge in [-0.25, -0.2) is 0 Å². The Morgan fingerprint density at radius 2 is 2.13 bits per heavy atom. The number of esters is 1. The van der Waals surface area contributed by atoms with Crippen molar-refractivity contribution in [2.24, 2.45) is 0 Å². The van der Waals surface area contributed by atoms with E-state index in [1.165, 1.54) is 7.11 Å². The Morgan fingerprint density at radius 1 is 1.47 bits per heavy atom. The number of hydrogen-bond donors (Lipinski definition) is 0. The van der Waals surface area contributed by atoms with E-state index in [2.05, 4.69) is 4.74 Å². The van der Waals surface area contributed by atoms with E-state index in [0.717, 1.165) is 19.1 Å². The van der Waals surface area contributed by atoms with Crippen LogP contribution in [0.4, 0.5) is 0 Å². The molecule has 4 heteroatoms. The molecule has 1 fully saturated rings. The summed E-state index contributed by atoms with van der Waals surface area (Å²) in [6.07, 6.45) is 3.14. The van der Waals surface area contributed by atoms with E-state index in [9.17, 15) is 9.59 Å². The van der Waals surface area contributed by atoms with E-state index in [1.54, 1.807) is 0 Å². The van der Waals surface area contributed by atoms with Gasteiger partial charge in [0.15, 0.2) is 6.29 Å². The molecule has 0 amide bonds. The highest BCUT2D eigenvalue weighted by molar-refractivity contribution is 5.77. The van der Waals surface area contributed by atoms with Crippen molar-refractivity contribution in [2.45, 2.75) is 50.7 Å². The number of ether oxygens (including phenoxy) is 2. The van der Waals surface area contributed by atoms with Crippen molar-refractivity contribution >= 4 is 12.3 Å². The summed E-state index contributed by atoms with van der Waals surface area (Å²) in [6, 6.07) is 0. The second-order valence-electron chi connectivity index (χ2n) is 4.65. The van der Waals surface area contributed by atoms with Gasteiger partial charge >= 0.3 is 5.97 Å². The molecule has 1 atom stereocenters. The highest BCUT2D eigenvalue weighted by atomic mass is 16.5. The minimum atomic E-state index is -0.977. The van der Waals surface area contributed by atoms with Crippen LogP contribution in [0, 0.1) is 0 Å². The number of aldehydes is 1. The van der Waals surface area contributed by atoms with Gasteiger partial charge in [-0.05, 0) is 33.1 Å². The molecule has 4 nitrogen and oxygen atoms in total. The Kier molecular flexibility index (Phi) is 3.50. The predicted octanol–water partition coefficient (Wildman–Crippen LogP) is 1.47. The molecule has 1 heterocycles. The Bertz CT molecular complexity index is 259. The van der Waals surface area contributed by atoms with Gasteiger partial charge in [0.05, 0.1) is 19.1 Å². The van der Waals surface area contributed by atoms with Crippen LogP contribution < -0.4 is 0 Å². The molecule has 1 saturated heterocycles. The van der Waals surface area contributed by atoms with Crippen LogP contribution >= 0.6 is 0 Å². The van der Waals surface area contributed by atoms with E-state index < -0.39 is 11.6 Å². The van der Waals surface area contributed by atoms with Gasteiger partial charge in [-0.1, -0.05) is 0 Å². The quantitative estimate of drug-likeness (QED) is 0.527. The molecule has 1 aliphatic rings. The van der Waals surface area contributed by atoms with Gasteiger partial charge in [0, 0.05) is 0 Å². The third-order valence-corrected chi connectivity index (χ3v) is 2.74. The fourth-order valence-electron chi connectivity index (χ4n) is 2.03. The molecular formula is C11H18O4. The zero-order valence-electron chi connectivity index (χ0n) is 9.54. The highest BCUT2D eigenvalue weighted by Crippen LogP contribution is 2.36. The summed E-state index contributed by atoms with van der Waals surface area (Å²) >= 11 is 0. The first kappa shape index (κ1) is 12.2. The Morgan fingerprint density at radius 3 is 2.60 bits per heavy atom. The predicted molar refractivity (Wildman–Crippen MR) is 54.4 cm³/mol. The van der Waals surface area contributed by atoms with Crippen molar-refractivity contribution in [1.29, 1.82) is 0 Å². The summed E-state index contributed by atoms with van der Waals surface area (Å²) < 4.78 is 10.3. The van der Waals surface area contributed by atoms with Crippen molar-refractivity contribution in [3.8, 4) is 0 Å². The first-order valence-electron chi connectivity index (χ1n) is 5.16.